The van der Waals surface area contributed by atoms with Crippen LogP contribution in [0.2, 0.25) is 5.02 Å². The van der Waals surface area contributed by atoms with Gasteiger partial charge in [-0.2, -0.15) is 5.10 Å². The van der Waals surface area contributed by atoms with E-state index in [0.29, 0.717) is 5.02 Å². The quantitative estimate of drug-likeness (QED) is 0.886. The molecule has 0 saturated carbocycles. The van der Waals surface area contributed by atoms with Gasteiger partial charge in [-0.15, -0.1) is 0 Å². The number of nitrogens with zero attached hydrogens (tertiary/aromatic N) is 3. The fraction of sp³-hybridized carbons (Fsp3) is 0.273. The minimum atomic E-state index is 0.673. The highest BCUT2D eigenvalue weighted by Crippen LogP contribution is 2.18. The Hall–Kier alpha value is -1.39. The lowest BCUT2D eigenvalue weighted by Crippen LogP contribution is -2.09. The lowest BCUT2D eigenvalue weighted by atomic mass is 10.2. The van der Waals surface area contributed by atoms with Crippen molar-refractivity contribution in [2.75, 3.05) is 7.05 Å². The maximum Gasteiger partial charge on any atom is 0.0819 e. The van der Waals surface area contributed by atoms with E-state index in [1.165, 1.54) is 0 Å². The van der Waals surface area contributed by atoms with Gasteiger partial charge in [0.15, 0.2) is 0 Å². The molecule has 16 heavy (non-hydrogen) atoms. The molecule has 0 aliphatic carbocycles. The van der Waals surface area contributed by atoms with Gasteiger partial charge in [0, 0.05) is 30.7 Å². The van der Waals surface area contributed by atoms with Crippen molar-refractivity contribution in [1.82, 2.24) is 20.1 Å². The molecule has 2 heterocycles. The molecule has 0 fully saturated rings. The van der Waals surface area contributed by atoms with E-state index in [-0.39, 0.29) is 0 Å². The van der Waals surface area contributed by atoms with Gasteiger partial charge in [-0.1, -0.05) is 11.6 Å². The summed E-state index contributed by atoms with van der Waals surface area (Å²) >= 11 is 5.99. The summed E-state index contributed by atoms with van der Waals surface area (Å²) in [6, 6.07) is 1.93. The van der Waals surface area contributed by atoms with Gasteiger partial charge in [-0.25, -0.2) is 4.68 Å². The van der Waals surface area contributed by atoms with Crippen LogP contribution >= 0.6 is 11.6 Å². The molecule has 4 nitrogen and oxygen atoms in total. The molecular formula is C11H13ClN4. The second-order valence-corrected chi connectivity index (χ2v) is 3.95. The predicted molar refractivity (Wildman–Crippen MR) is 63.9 cm³/mol. The Morgan fingerprint density at radius 3 is 2.94 bits per heavy atom. The average Bonchev–Trinajstić information content (AvgIpc) is 2.60. The van der Waals surface area contributed by atoms with Crippen LogP contribution in [0.25, 0.3) is 5.69 Å². The van der Waals surface area contributed by atoms with Crippen molar-refractivity contribution >= 4 is 11.6 Å². The van der Waals surface area contributed by atoms with Crippen LogP contribution in [-0.2, 0) is 6.54 Å². The zero-order valence-corrected chi connectivity index (χ0v) is 9.99. The van der Waals surface area contributed by atoms with E-state index in [9.17, 15) is 0 Å². The molecule has 0 aromatic carbocycles. The van der Waals surface area contributed by atoms with Crippen LogP contribution in [0.1, 0.15) is 11.3 Å². The molecule has 0 saturated heterocycles. The van der Waals surface area contributed by atoms with E-state index in [2.05, 4.69) is 15.4 Å². The van der Waals surface area contributed by atoms with Crippen molar-refractivity contribution in [1.29, 1.82) is 0 Å². The first-order valence-electron chi connectivity index (χ1n) is 5.02. The fourth-order valence-corrected chi connectivity index (χ4v) is 1.66. The first-order chi connectivity index (χ1) is 7.72. The summed E-state index contributed by atoms with van der Waals surface area (Å²) < 4.78 is 1.78. The van der Waals surface area contributed by atoms with Crippen LogP contribution in [0.4, 0.5) is 0 Å². The number of rotatable bonds is 3. The lowest BCUT2D eigenvalue weighted by Gasteiger charge is -2.07. The third-order valence-electron chi connectivity index (χ3n) is 2.33. The zero-order valence-electron chi connectivity index (χ0n) is 9.24. The number of hydrogen-bond donors (Lipinski definition) is 1. The van der Waals surface area contributed by atoms with Crippen LogP contribution in [0, 0.1) is 6.92 Å². The van der Waals surface area contributed by atoms with Crippen molar-refractivity contribution in [3.63, 3.8) is 0 Å². The summed E-state index contributed by atoms with van der Waals surface area (Å²) in [7, 11) is 1.90. The summed E-state index contributed by atoms with van der Waals surface area (Å²) in [4.78, 5) is 4.10. The minimum Gasteiger partial charge on any atom is -0.316 e. The lowest BCUT2D eigenvalue weighted by molar-refractivity contribution is 0.780. The molecule has 0 amide bonds. The first kappa shape index (κ1) is 11.1. The molecule has 0 bridgehead atoms. The number of nitrogens with one attached hydrogen (secondary N) is 1. The predicted octanol–water partition coefficient (Wildman–Crippen LogP) is 1.95. The monoisotopic (exact) mass is 236 g/mol. The first-order valence-corrected chi connectivity index (χ1v) is 5.40. The highest BCUT2D eigenvalue weighted by atomic mass is 35.5. The number of pyridine rings is 1. The Balaban J connectivity index is 2.46. The minimum absolute atomic E-state index is 0.673. The van der Waals surface area contributed by atoms with Crippen molar-refractivity contribution in [3.8, 4) is 5.69 Å². The van der Waals surface area contributed by atoms with Crippen LogP contribution < -0.4 is 5.32 Å². The van der Waals surface area contributed by atoms with E-state index in [0.717, 1.165) is 23.5 Å². The Labute approximate surface area is 99.3 Å². The van der Waals surface area contributed by atoms with Crippen LogP contribution in [-0.4, -0.2) is 21.8 Å². The second kappa shape index (κ2) is 4.63. The van der Waals surface area contributed by atoms with Gasteiger partial charge in [0.1, 0.15) is 0 Å². The van der Waals surface area contributed by atoms with Gasteiger partial charge in [-0.05, 0) is 20.0 Å². The Morgan fingerprint density at radius 2 is 2.31 bits per heavy atom. The molecular weight excluding hydrogens is 224 g/mol. The van der Waals surface area contributed by atoms with Crippen LogP contribution in [0.15, 0.2) is 24.7 Å². The molecule has 0 unspecified atom stereocenters. The second-order valence-electron chi connectivity index (χ2n) is 3.54. The van der Waals surface area contributed by atoms with Crippen LogP contribution in [0.5, 0.6) is 0 Å². The summed E-state index contributed by atoms with van der Waals surface area (Å²) in [6.45, 7) is 2.64. The van der Waals surface area contributed by atoms with Gasteiger partial charge < -0.3 is 5.32 Å². The number of halogens is 1. The standard InChI is InChI=1S/C11H13ClN4/c1-8-10(12)7-16(15-8)11-3-4-14-6-9(11)5-13-2/h3-4,6-7,13H,5H2,1-2H3. The maximum atomic E-state index is 5.99. The molecule has 1 N–H and O–H groups in total. The smallest absolute Gasteiger partial charge is 0.0819 e. The summed E-state index contributed by atoms with van der Waals surface area (Å²) in [6.07, 6.45) is 5.39. The molecule has 84 valence electrons. The number of aromatic nitrogens is 3. The Kier molecular flexibility index (Phi) is 3.22. The molecule has 0 radical (unpaired) electrons. The SMILES string of the molecule is CNCc1cnccc1-n1cc(Cl)c(C)n1. The molecule has 2 rings (SSSR count). The molecule has 5 heteroatoms. The van der Waals surface area contributed by atoms with E-state index in [1.807, 2.05) is 32.4 Å². The van der Waals surface area contributed by atoms with Gasteiger partial charge >= 0.3 is 0 Å². The zero-order chi connectivity index (χ0) is 11.5. The molecule has 0 spiro atoms. The molecule has 0 atom stereocenters. The molecule has 2 aromatic rings. The summed E-state index contributed by atoms with van der Waals surface area (Å²) in [5.74, 6) is 0. The normalized spacial score (nSPS) is 10.7. The van der Waals surface area contributed by atoms with Crippen molar-refractivity contribution in [3.05, 3.63) is 40.9 Å². The van der Waals surface area contributed by atoms with E-state index < -0.39 is 0 Å². The third kappa shape index (κ3) is 2.08. The molecule has 0 aliphatic rings. The number of aryl methyl sites for hydroxylation is 1. The van der Waals surface area contributed by atoms with E-state index in [1.54, 1.807) is 10.9 Å². The Bertz CT molecular complexity index is 473. The summed E-state index contributed by atoms with van der Waals surface area (Å²) in [5, 5.41) is 8.13. The Morgan fingerprint density at radius 1 is 1.50 bits per heavy atom. The molecule has 2 aromatic heterocycles. The van der Waals surface area contributed by atoms with Crippen molar-refractivity contribution in [2.45, 2.75) is 13.5 Å². The maximum absolute atomic E-state index is 5.99. The van der Waals surface area contributed by atoms with Gasteiger partial charge in [-0.3, -0.25) is 4.98 Å². The van der Waals surface area contributed by atoms with Crippen LogP contribution in [0.3, 0.4) is 0 Å². The highest BCUT2D eigenvalue weighted by Gasteiger charge is 2.07. The van der Waals surface area contributed by atoms with E-state index >= 15 is 0 Å². The van der Waals surface area contributed by atoms with Gasteiger partial charge in [0.2, 0.25) is 0 Å². The number of hydrogen-bond acceptors (Lipinski definition) is 3. The fourth-order valence-electron chi connectivity index (χ4n) is 1.53. The van der Waals surface area contributed by atoms with Gasteiger partial charge in [0.05, 0.1) is 16.4 Å². The topological polar surface area (TPSA) is 42.7 Å². The van der Waals surface area contributed by atoms with Crippen molar-refractivity contribution in [2.24, 2.45) is 0 Å². The van der Waals surface area contributed by atoms with E-state index in [4.69, 9.17) is 11.6 Å². The summed E-state index contributed by atoms with van der Waals surface area (Å²) in [5.41, 5.74) is 2.91. The third-order valence-corrected chi connectivity index (χ3v) is 2.70. The highest BCUT2D eigenvalue weighted by molar-refractivity contribution is 6.31. The average molecular weight is 237 g/mol. The molecule has 0 aliphatic heterocycles. The van der Waals surface area contributed by atoms with Crippen molar-refractivity contribution < 1.29 is 0 Å². The largest absolute Gasteiger partial charge is 0.316 e. The van der Waals surface area contributed by atoms with Gasteiger partial charge in [0.25, 0.3) is 0 Å².